The largest absolute Gasteiger partial charge is 0.497 e. The smallest absolute Gasteiger partial charge is 0.186 e. The SMILES string of the molecule is CCCCNC(=S)NN=Cc1ccc(OC)cc1OC. The van der Waals surface area contributed by atoms with E-state index in [1.807, 2.05) is 12.1 Å². The van der Waals surface area contributed by atoms with Crippen molar-refractivity contribution in [3.8, 4) is 11.5 Å². The topological polar surface area (TPSA) is 54.9 Å². The molecule has 5 nitrogen and oxygen atoms in total. The number of ether oxygens (including phenoxy) is 2. The second-order valence-corrected chi connectivity index (χ2v) is 4.50. The molecule has 0 bridgehead atoms. The van der Waals surface area contributed by atoms with Crippen LogP contribution in [0, 0.1) is 0 Å². The number of benzene rings is 1. The van der Waals surface area contributed by atoms with Crippen molar-refractivity contribution in [2.45, 2.75) is 19.8 Å². The Hall–Kier alpha value is -1.82. The number of hydrazone groups is 1. The minimum atomic E-state index is 0.516. The van der Waals surface area contributed by atoms with E-state index in [9.17, 15) is 0 Å². The summed E-state index contributed by atoms with van der Waals surface area (Å²) in [7, 11) is 3.22. The van der Waals surface area contributed by atoms with Gasteiger partial charge in [0.1, 0.15) is 11.5 Å². The zero-order chi connectivity index (χ0) is 14.8. The summed E-state index contributed by atoms with van der Waals surface area (Å²) < 4.78 is 10.4. The monoisotopic (exact) mass is 295 g/mol. The first-order valence-electron chi connectivity index (χ1n) is 6.50. The number of nitrogens with one attached hydrogen (secondary N) is 2. The van der Waals surface area contributed by atoms with Crippen LogP contribution in [-0.4, -0.2) is 32.1 Å². The minimum Gasteiger partial charge on any atom is -0.497 e. The van der Waals surface area contributed by atoms with Gasteiger partial charge >= 0.3 is 0 Å². The van der Waals surface area contributed by atoms with Gasteiger partial charge in [-0.1, -0.05) is 13.3 Å². The predicted molar refractivity (Wildman–Crippen MR) is 85.8 cm³/mol. The van der Waals surface area contributed by atoms with Crippen LogP contribution in [0.4, 0.5) is 0 Å². The third kappa shape index (κ3) is 5.44. The molecule has 0 spiro atoms. The standard InChI is InChI=1S/C14H21N3O2S/c1-4-5-8-15-14(20)17-16-10-11-6-7-12(18-2)9-13(11)19-3/h6-7,9-10H,4-5,8H2,1-3H3,(H2,15,17,20). The van der Waals surface area contributed by atoms with Gasteiger partial charge in [-0.2, -0.15) is 5.10 Å². The molecule has 0 saturated carbocycles. The highest BCUT2D eigenvalue weighted by molar-refractivity contribution is 7.80. The molecule has 1 aromatic carbocycles. The summed E-state index contributed by atoms with van der Waals surface area (Å²) in [6.45, 7) is 2.98. The first-order valence-corrected chi connectivity index (χ1v) is 6.91. The molecule has 0 fully saturated rings. The van der Waals surface area contributed by atoms with Crippen LogP contribution in [-0.2, 0) is 0 Å². The molecule has 0 atom stereocenters. The van der Waals surface area contributed by atoms with E-state index < -0.39 is 0 Å². The maximum Gasteiger partial charge on any atom is 0.186 e. The quantitative estimate of drug-likeness (QED) is 0.350. The Labute approximate surface area is 125 Å². The van der Waals surface area contributed by atoms with Crippen LogP contribution in [0.3, 0.4) is 0 Å². The lowest BCUT2D eigenvalue weighted by Crippen LogP contribution is -2.32. The van der Waals surface area contributed by atoms with Crippen molar-refractivity contribution in [3.05, 3.63) is 23.8 Å². The molecular weight excluding hydrogens is 274 g/mol. The summed E-state index contributed by atoms with van der Waals surface area (Å²) in [5.41, 5.74) is 3.62. The van der Waals surface area contributed by atoms with Gasteiger partial charge in [0.05, 0.1) is 20.4 Å². The molecule has 1 rings (SSSR count). The predicted octanol–water partition coefficient (Wildman–Crippen LogP) is 2.30. The molecule has 20 heavy (non-hydrogen) atoms. The van der Waals surface area contributed by atoms with Crippen molar-refractivity contribution in [1.29, 1.82) is 0 Å². The lowest BCUT2D eigenvalue weighted by Gasteiger charge is -2.08. The van der Waals surface area contributed by atoms with Crippen LogP contribution in [0.1, 0.15) is 25.3 Å². The molecule has 0 aliphatic heterocycles. The molecule has 110 valence electrons. The van der Waals surface area contributed by atoms with Crippen molar-refractivity contribution in [1.82, 2.24) is 10.7 Å². The second kappa shape index (κ2) is 9.14. The van der Waals surface area contributed by atoms with Crippen molar-refractivity contribution in [2.24, 2.45) is 5.10 Å². The van der Waals surface area contributed by atoms with Crippen LogP contribution < -0.4 is 20.2 Å². The van der Waals surface area contributed by atoms with Gasteiger partial charge in [0.2, 0.25) is 0 Å². The van der Waals surface area contributed by atoms with Gasteiger partial charge in [-0.3, -0.25) is 5.43 Å². The van der Waals surface area contributed by atoms with E-state index in [0.717, 1.165) is 30.7 Å². The molecule has 0 saturated heterocycles. The number of rotatable bonds is 7. The Balaban J connectivity index is 2.55. The third-order valence-electron chi connectivity index (χ3n) is 2.63. The fourth-order valence-electron chi connectivity index (χ4n) is 1.50. The molecule has 1 aromatic rings. The Morgan fingerprint density at radius 3 is 2.80 bits per heavy atom. The van der Waals surface area contributed by atoms with E-state index in [4.69, 9.17) is 21.7 Å². The summed E-state index contributed by atoms with van der Waals surface area (Å²) in [6, 6.07) is 5.53. The number of hydrogen-bond donors (Lipinski definition) is 2. The van der Waals surface area contributed by atoms with Gasteiger partial charge in [0, 0.05) is 18.2 Å². The maximum absolute atomic E-state index is 5.28. The number of unbranched alkanes of at least 4 members (excludes halogenated alkanes) is 1. The number of methoxy groups -OCH3 is 2. The highest BCUT2D eigenvalue weighted by Gasteiger charge is 2.02. The average molecular weight is 295 g/mol. The van der Waals surface area contributed by atoms with Crippen LogP contribution >= 0.6 is 12.2 Å². The molecule has 6 heteroatoms. The normalized spacial score (nSPS) is 10.3. The van der Waals surface area contributed by atoms with E-state index in [-0.39, 0.29) is 0 Å². The highest BCUT2D eigenvalue weighted by atomic mass is 32.1. The Morgan fingerprint density at radius 1 is 1.35 bits per heavy atom. The zero-order valence-corrected chi connectivity index (χ0v) is 12.9. The average Bonchev–Trinajstić information content (AvgIpc) is 2.47. The second-order valence-electron chi connectivity index (χ2n) is 4.09. The lowest BCUT2D eigenvalue weighted by molar-refractivity contribution is 0.394. The summed E-state index contributed by atoms with van der Waals surface area (Å²) in [5, 5.41) is 7.67. The fraction of sp³-hybridized carbons (Fsp3) is 0.429. The van der Waals surface area contributed by atoms with E-state index in [2.05, 4.69) is 22.8 Å². The van der Waals surface area contributed by atoms with Crippen LogP contribution in [0.25, 0.3) is 0 Å². The molecule has 2 N–H and O–H groups in total. The van der Waals surface area contributed by atoms with Gasteiger partial charge in [-0.15, -0.1) is 0 Å². The molecule has 0 unspecified atom stereocenters. The van der Waals surface area contributed by atoms with Gasteiger partial charge in [0.25, 0.3) is 0 Å². The van der Waals surface area contributed by atoms with Gasteiger partial charge in [0.15, 0.2) is 5.11 Å². The van der Waals surface area contributed by atoms with Crippen LogP contribution in [0.15, 0.2) is 23.3 Å². The fourth-order valence-corrected chi connectivity index (χ4v) is 1.66. The Bertz CT molecular complexity index is 464. The van der Waals surface area contributed by atoms with E-state index in [1.165, 1.54) is 0 Å². The first-order chi connectivity index (χ1) is 9.71. The Kier molecular flexibility index (Phi) is 7.42. The molecule has 0 aromatic heterocycles. The van der Waals surface area contributed by atoms with E-state index in [0.29, 0.717) is 10.9 Å². The molecule has 0 aliphatic carbocycles. The molecule has 0 heterocycles. The molecule has 0 aliphatic rings. The number of thiocarbonyl (C=S) groups is 1. The van der Waals surface area contributed by atoms with Crippen molar-refractivity contribution < 1.29 is 9.47 Å². The van der Waals surface area contributed by atoms with Gasteiger partial charge in [-0.05, 0) is 30.8 Å². The summed E-state index contributed by atoms with van der Waals surface area (Å²) in [4.78, 5) is 0. The van der Waals surface area contributed by atoms with Crippen molar-refractivity contribution in [2.75, 3.05) is 20.8 Å². The van der Waals surface area contributed by atoms with E-state index >= 15 is 0 Å². The van der Waals surface area contributed by atoms with Crippen molar-refractivity contribution in [3.63, 3.8) is 0 Å². The van der Waals surface area contributed by atoms with Gasteiger partial charge < -0.3 is 14.8 Å². The minimum absolute atomic E-state index is 0.516. The molecule has 0 amide bonds. The van der Waals surface area contributed by atoms with E-state index in [1.54, 1.807) is 26.5 Å². The summed E-state index contributed by atoms with van der Waals surface area (Å²) in [5.74, 6) is 1.43. The highest BCUT2D eigenvalue weighted by Crippen LogP contribution is 2.22. The molecular formula is C14H21N3O2S. The van der Waals surface area contributed by atoms with Crippen molar-refractivity contribution >= 4 is 23.5 Å². The maximum atomic E-state index is 5.28. The Morgan fingerprint density at radius 2 is 2.15 bits per heavy atom. The lowest BCUT2D eigenvalue weighted by atomic mass is 10.2. The zero-order valence-electron chi connectivity index (χ0n) is 12.1. The number of hydrogen-bond acceptors (Lipinski definition) is 4. The summed E-state index contributed by atoms with van der Waals surface area (Å²) >= 11 is 5.10. The van der Waals surface area contributed by atoms with Gasteiger partial charge in [-0.25, -0.2) is 0 Å². The van der Waals surface area contributed by atoms with Crippen LogP contribution in [0.5, 0.6) is 11.5 Å². The summed E-state index contributed by atoms with van der Waals surface area (Å²) in [6.07, 6.45) is 3.87. The first kappa shape index (κ1) is 16.2. The number of nitrogens with zero attached hydrogens (tertiary/aromatic N) is 1. The third-order valence-corrected chi connectivity index (χ3v) is 2.86. The molecule has 0 radical (unpaired) electrons. The van der Waals surface area contributed by atoms with Crippen LogP contribution in [0.2, 0.25) is 0 Å².